The summed E-state index contributed by atoms with van der Waals surface area (Å²) < 4.78 is 0. The molecule has 0 bridgehead atoms. The molecule has 4 aromatic carbocycles. The van der Waals surface area contributed by atoms with Crippen LogP contribution < -0.4 is 10.6 Å². The fraction of sp³-hybridized carbons (Fsp3) is 0.300. The Labute approximate surface area is 281 Å². The average molecular weight is 647 g/mol. The number of carboxylic acids is 2. The number of fused-ring (bicyclic) bond motifs is 2. The van der Waals surface area contributed by atoms with Gasteiger partial charge in [0.2, 0.25) is 11.8 Å². The number of carbonyl (C=O) groups is 4. The van der Waals surface area contributed by atoms with Crippen molar-refractivity contribution >= 4 is 23.8 Å². The topological polar surface area (TPSA) is 133 Å². The number of rotatable bonds is 8. The van der Waals surface area contributed by atoms with E-state index in [1.54, 1.807) is 0 Å². The number of carbonyl (C=O) groups excluding carboxylic acids is 2. The van der Waals surface area contributed by atoms with Gasteiger partial charge in [-0.2, -0.15) is 0 Å². The van der Waals surface area contributed by atoms with Crippen LogP contribution in [0.1, 0.15) is 84.7 Å². The molecule has 0 radical (unpaired) electrons. The minimum Gasteiger partial charge on any atom is -0.481 e. The van der Waals surface area contributed by atoms with Crippen molar-refractivity contribution in [2.24, 2.45) is 0 Å². The van der Waals surface area contributed by atoms with Crippen molar-refractivity contribution in [3.8, 4) is 0 Å². The van der Waals surface area contributed by atoms with Gasteiger partial charge in [-0.1, -0.05) is 109 Å². The first-order chi connectivity index (χ1) is 23.2. The largest absolute Gasteiger partial charge is 0.481 e. The van der Waals surface area contributed by atoms with E-state index in [1.807, 2.05) is 123 Å². The highest BCUT2D eigenvalue weighted by Gasteiger charge is 2.49. The molecule has 0 saturated heterocycles. The molecule has 0 heterocycles. The number of carboxylic acid groups (broad SMARTS) is 2. The molecule has 0 aromatic heterocycles. The standard InChI is InChI=1S/2C20H21NO3/c2*1-2-21-19(24)20(14-8-4-3-5-9-14)13-12-16(18(22)23)15-10-6-7-11-17(15)20/h2*3-11,16H,2,12-13H2,1H3,(H,21,24)(H,22,23)/t2*16-,20?/m10/s1. The summed E-state index contributed by atoms with van der Waals surface area (Å²) in [6, 6.07) is 34.2. The third-order valence-corrected chi connectivity index (χ3v) is 9.79. The smallest absolute Gasteiger partial charge is 0.310 e. The summed E-state index contributed by atoms with van der Waals surface area (Å²) >= 11 is 0. The molecule has 4 N–H and O–H groups in total. The molecule has 0 fully saturated rings. The summed E-state index contributed by atoms with van der Waals surface area (Å²) in [5.74, 6) is -2.92. The zero-order valence-electron chi connectivity index (χ0n) is 27.3. The molecule has 2 aliphatic rings. The lowest BCUT2D eigenvalue weighted by molar-refractivity contribution is -0.140. The second-order valence-corrected chi connectivity index (χ2v) is 12.3. The number of likely N-dealkylation sites (N-methyl/N-ethyl adjacent to an activating group) is 2. The van der Waals surface area contributed by atoms with E-state index in [4.69, 9.17) is 0 Å². The highest BCUT2D eigenvalue weighted by Crippen LogP contribution is 2.48. The number of aliphatic carboxylic acids is 2. The Morgan fingerprint density at radius 1 is 0.562 bits per heavy atom. The predicted molar refractivity (Wildman–Crippen MR) is 184 cm³/mol. The van der Waals surface area contributed by atoms with Crippen LogP contribution >= 0.6 is 0 Å². The van der Waals surface area contributed by atoms with E-state index in [9.17, 15) is 29.4 Å². The van der Waals surface area contributed by atoms with Gasteiger partial charge in [0.15, 0.2) is 0 Å². The minimum absolute atomic E-state index is 0.0625. The van der Waals surface area contributed by atoms with Crippen LogP contribution in [0.4, 0.5) is 0 Å². The second kappa shape index (κ2) is 14.7. The molecular formula is C40H42N2O6. The summed E-state index contributed by atoms with van der Waals surface area (Å²) in [5, 5.41) is 25.0. The lowest BCUT2D eigenvalue weighted by Gasteiger charge is -2.40. The first-order valence-corrected chi connectivity index (χ1v) is 16.5. The summed E-state index contributed by atoms with van der Waals surface area (Å²) in [5.41, 5.74) is 3.25. The third kappa shape index (κ3) is 6.10. The fourth-order valence-corrected chi connectivity index (χ4v) is 7.60. The Balaban J connectivity index is 0.000000188. The molecule has 8 heteroatoms. The molecule has 2 unspecified atom stereocenters. The van der Waals surface area contributed by atoms with E-state index in [0.29, 0.717) is 38.8 Å². The molecule has 248 valence electrons. The van der Waals surface area contributed by atoms with E-state index >= 15 is 0 Å². The van der Waals surface area contributed by atoms with Gasteiger partial charge in [0.05, 0.1) is 22.7 Å². The monoisotopic (exact) mass is 646 g/mol. The Kier molecular flexibility index (Phi) is 10.4. The van der Waals surface area contributed by atoms with Crippen molar-refractivity contribution in [2.45, 2.75) is 62.2 Å². The summed E-state index contributed by atoms with van der Waals surface area (Å²) in [6.45, 7) is 4.87. The molecule has 0 spiro atoms. The third-order valence-electron chi connectivity index (χ3n) is 9.79. The molecule has 48 heavy (non-hydrogen) atoms. The SMILES string of the molecule is CCNC(=O)C1(c2ccccc2)CC[C@@H](C(=O)O)c2ccccc21.CCNC(=O)C1(c2ccccc2)CC[C@H](C(=O)O)c2ccccc21. The van der Waals surface area contributed by atoms with E-state index in [-0.39, 0.29) is 11.8 Å². The number of nitrogens with one attached hydrogen (secondary N) is 2. The van der Waals surface area contributed by atoms with E-state index in [0.717, 1.165) is 33.4 Å². The van der Waals surface area contributed by atoms with Gasteiger partial charge in [-0.25, -0.2) is 0 Å². The second-order valence-electron chi connectivity index (χ2n) is 12.3. The highest BCUT2D eigenvalue weighted by molar-refractivity contribution is 5.95. The van der Waals surface area contributed by atoms with Crippen molar-refractivity contribution in [3.05, 3.63) is 143 Å². The van der Waals surface area contributed by atoms with Gasteiger partial charge in [-0.3, -0.25) is 19.2 Å². The normalized spacial score (nSPS) is 22.5. The van der Waals surface area contributed by atoms with Crippen LogP contribution in [0.25, 0.3) is 0 Å². The van der Waals surface area contributed by atoms with Crippen molar-refractivity contribution in [2.75, 3.05) is 13.1 Å². The van der Waals surface area contributed by atoms with Crippen LogP contribution in [-0.2, 0) is 30.0 Å². The fourth-order valence-electron chi connectivity index (χ4n) is 7.60. The lowest BCUT2D eigenvalue weighted by atomic mass is 9.62. The highest BCUT2D eigenvalue weighted by atomic mass is 16.4. The number of hydrogen-bond donors (Lipinski definition) is 4. The van der Waals surface area contributed by atoms with E-state index in [2.05, 4.69) is 10.6 Å². The number of benzene rings is 4. The summed E-state index contributed by atoms with van der Waals surface area (Å²) in [4.78, 5) is 49.5. The van der Waals surface area contributed by atoms with Gasteiger partial charge in [-0.05, 0) is 72.9 Å². The molecule has 2 amide bonds. The predicted octanol–water partition coefficient (Wildman–Crippen LogP) is 6.14. The first-order valence-electron chi connectivity index (χ1n) is 16.5. The molecule has 8 nitrogen and oxygen atoms in total. The minimum atomic E-state index is -0.834. The average Bonchev–Trinajstić information content (AvgIpc) is 3.11. The van der Waals surface area contributed by atoms with Crippen LogP contribution in [0.15, 0.2) is 109 Å². The van der Waals surface area contributed by atoms with Gasteiger partial charge < -0.3 is 20.8 Å². The van der Waals surface area contributed by atoms with Crippen molar-refractivity contribution in [1.29, 1.82) is 0 Å². The maximum atomic E-state index is 13.1. The van der Waals surface area contributed by atoms with Crippen LogP contribution in [0.2, 0.25) is 0 Å². The zero-order chi connectivity index (χ0) is 34.3. The van der Waals surface area contributed by atoms with Gasteiger partial charge in [0, 0.05) is 13.1 Å². The van der Waals surface area contributed by atoms with Crippen LogP contribution in [-0.4, -0.2) is 47.1 Å². The maximum Gasteiger partial charge on any atom is 0.310 e. The Morgan fingerprint density at radius 3 is 1.23 bits per heavy atom. The summed E-state index contributed by atoms with van der Waals surface area (Å²) in [7, 11) is 0. The molecular weight excluding hydrogens is 604 g/mol. The zero-order valence-corrected chi connectivity index (χ0v) is 27.3. The van der Waals surface area contributed by atoms with E-state index in [1.165, 1.54) is 0 Å². The molecule has 0 aliphatic heterocycles. The van der Waals surface area contributed by atoms with Crippen LogP contribution in [0.5, 0.6) is 0 Å². The Morgan fingerprint density at radius 2 is 0.896 bits per heavy atom. The van der Waals surface area contributed by atoms with Gasteiger partial charge in [-0.15, -0.1) is 0 Å². The Bertz CT molecular complexity index is 1640. The first kappa shape index (κ1) is 34.1. The Hall–Kier alpha value is -5.24. The quantitative estimate of drug-likeness (QED) is 0.182. The van der Waals surface area contributed by atoms with E-state index < -0.39 is 34.6 Å². The molecule has 0 saturated carbocycles. The van der Waals surface area contributed by atoms with Crippen molar-refractivity contribution in [1.82, 2.24) is 10.6 Å². The van der Waals surface area contributed by atoms with Crippen molar-refractivity contribution in [3.63, 3.8) is 0 Å². The lowest BCUT2D eigenvalue weighted by Crippen LogP contribution is -2.48. The summed E-state index contributed by atoms with van der Waals surface area (Å²) in [6.07, 6.45) is 1.85. The van der Waals surface area contributed by atoms with Gasteiger partial charge >= 0.3 is 11.9 Å². The van der Waals surface area contributed by atoms with Crippen molar-refractivity contribution < 1.29 is 29.4 Å². The van der Waals surface area contributed by atoms with Crippen LogP contribution in [0.3, 0.4) is 0 Å². The molecule has 4 atom stereocenters. The van der Waals surface area contributed by atoms with Gasteiger partial charge in [0.25, 0.3) is 0 Å². The molecule has 6 rings (SSSR count). The maximum absolute atomic E-state index is 13.1. The molecule has 2 aliphatic carbocycles. The molecule has 4 aromatic rings. The number of amides is 2. The van der Waals surface area contributed by atoms with Gasteiger partial charge in [0.1, 0.15) is 0 Å². The number of hydrogen-bond acceptors (Lipinski definition) is 4. The van der Waals surface area contributed by atoms with Crippen LogP contribution in [0, 0.1) is 0 Å².